The summed E-state index contributed by atoms with van der Waals surface area (Å²) in [5, 5.41) is 33.2. The smallest absolute Gasteiger partial charge is 0.326 e. The Kier molecular flexibility index (Phi) is 20.4. The number of H-pyrrole nitrogens is 1. The van der Waals surface area contributed by atoms with Gasteiger partial charge in [0.05, 0.1) is 25.2 Å². The van der Waals surface area contributed by atoms with E-state index in [2.05, 4.69) is 41.9 Å². The van der Waals surface area contributed by atoms with Crippen LogP contribution in [-0.4, -0.2) is 128 Å². The van der Waals surface area contributed by atoms with Crippen LogP contribution < -0.4 is 43.4 Å². The van der Waals surface area contributed by atoms with Gasteiger partial charge in [0, 0.05) is 18.3 Å². The molecule has 0 aromatic carbocycles. The first kappa shape index (κ1) is 47.8. The number of nitrogens with one attached hydrogen (secondary N) is 7. The van der Waals surface area contributed by atoms with Gasteiger partial charge in [-0.1, -0.05) is 34.1 Å². The summed E-state index contributed by atoms with van der Waals surface area (Å²) in [6.07, 6.45) is 3.36. The van der Waals surface area contributed by atoms with Crippen LogP contribution in [0.1, 0.15) is 66.0 Å². The summed E-state index contributed by atoms with van der Waals surface area (Å²) in [4.78, 5) is 121. The van der Waals surface area contributed by atoms with Gasteiger partial charge in [0.25, 0.3) is 0 Å². The van der Waals surface area contributed by atoms with Gasteiger partial charge in [-0.3, -0.25) is 38.4 Å². The number of imidazole rings is 1. The van der Waals surface area contributed by atoms with Crippen LogP contribution in [-0.2, 0) is 49.6 Å². The number of aromatic amines is 1. The SMILES string of the molecule is CCC(C)C(NC(=O)C(NC(=O)C(C)NC(=O)C(N)CC(=O)O)C(C)C)C(=O)NC(CC(N)=O)C(=O)NC(Cc1cnc[nH]1)C(=O)NC(CCSC)C(=O)O. The Morgan fingerprint density at radius 2 is 1.33 bits per heavy atom. The highest BCUT2D eigenvalue weighted by atomic mass is 32.2. The Hall–Kier alpha value is -5.25. The van der Waals surface area contributed by atoms with Crippen molar-refractivity contribution in [3.8, 4) is 0 Å². The number of carboxylic acids is 2. The lowest BCUT2D eigenvalue weighted by atomic mass is 9.96. The Morgan fingerprint density at radius 1 is 0.764 bits per heavy atom. The Morgan fingerprint density at radius 3 is 1.84 bits per heavy atom. The van der Waals surface area contributed by atoms with E-state index in [1.807, 2.05) is 0 Å². The van der Waals surface area contributed by atoms with Gasteiger partial charge in [-0.15, -0.1) is 0 Å². The van der Waals surface area contributed by atoms with E-state index in [-0.39, 0.29) is 12.8 Å². The molecule has 8 atom stereocenters. The molecule has 7 amide bonds. The summed E-state index contributed by atoms with van der Waals surface area (Å²) in [5.74, 6) is -9.56. The van der Waals surface area contributed by atoms with Crippen LogP contribution >= 0.6 is 11.8 Å². The molecule has 55 heavy (non-hydrogen) atoms. The van der Waals surface area contributed by atoms with Crippen LogP contribution in [0.4, 0.5) is 0 Å². The van der Waals surface area contributed by atoms with Crippen molar-refractivity contribution >= 4 is 65.1 Å². The second-order valence-electron chi connectivity index (χ2n) is 13.3. The molecule has 308 valence electrons. The Balaban J connectivity index is 3.25. The molecule has 0 radical (unpaired) electrons. The molecule has 1 heterocycles. The van der Waals surface area contributed by atoms with Gasteiger partial charge in [-0.2, -0.15) is 11.8 Å². The van der Waals surface area contributed by atoms with Crippen LogP contribution in [0.5, 0.6) is 0 Å². The maximum Gasteiger partial charge on any atom is 0.326 e. The minimum absolute atomic E-state index is 0.0935. The number of primary amides is 1. The van der Waals surface area contributed by atoms with Crippen molar-refractivity contribution in [1.29, 1.82) is 0 Å². The van der Waals surface area contributed by atoms with Gasteiger partial charge in [-0.25, -0.2) is 9.78 Å². The quantitative estimate of drug-likeness (QED) is 0.0473. The zero-order valence-electron chi connectivity index (χ0n) is 31.7. The van der Waals surface area contributed by atoms with Crippen LogP contribution in [0.3, 0.4) is 0 Å². The highest BCUT2D eigenvalue weighted by molar-refractivity contribution is 7.98. The lowest BCUT2D eigenvalue weighted by Gasteiger charge is -2.30. The number of hydrogen-bond donors (Lipinski definition) is 11. The van der Waals surface area contributed by atoms with Crippen molar-refractivity contribution in [2.45, 2.75) is 109 Å². The van der Waals surface area contributed by atoms with E-state index in [0.29, 0.717) is 17.9 Å². The minimum atomic E-state index is -1.64. The fraction of sp³-hybridized carbons (Fsp3) is 0.636. The van der Waals surface area contributed by atoms with Crippen molar-refractivity contribution in [1.82, 2.24) is 41.9 Å². The molecular formula is C33H54N10O11S. The molecule has 1 rings (SSSR count). The van der Waals surface area contributed by atoms with Crippen LogP contribution in [0.15, 0.2) is 12.5 Å². The fourth-order valence-electron chi connectivity index (χ4n) is 4.96. The molecule has 0 aliphatic heterocycles. The zero-order chi connectivity index (χ0) is 42.0. The topological polar surface area (TPSA) is 347 Å². The number of rotatable bonds is 25. The minimum Gasteiger partial charge on any atom is -0.481 e. The maximum absolute atomic E-state index is 13.8. The summed E-state index contributed by atoms with van der Waals surface area (Å²) in [6.45, 7) is 7.89. The first-order valence-corrected chi connectivity index (χ1v) is 18.9. The number of aromatic nitrogens is 2. The van der Waals surface area contributed by atoms with Crippen LogP contribution in [0.2, 0.25) is 0 Å². The molecule has 22 heteroatoms. The molecule has 21 nitrogen and oxygen atoms in total. The van der Waals surface area contributed by atoms with Gasteiger partial charge in [-0.05, 0) is 37.2 Å². The fourth-order valence-corrected chi connectivity index (χ4v) is 5.43. The number of carbonyl (C=O) groups excluding carboxylic acids is 7. The number of carboxylic acid groups (broad SMARTS) is 2. The first-order chi connectivity index (χ1) is 25.7. The van der Waals surface area contributed by atoms with Gasteiger partial charge in [0.15, 0.2) is 0 Å². The normalized spacial score (nSPS) is 15.4. The Bertz CT molecular complexity index is 1510. The van der Waals surface area contributed by atoms with Crippen molar-refractivity contribution in [3.63, 3.8) is 0 Å². The number of hydrogen-bond acceptors (Lipinski definition) is 12. The average molecular weight is 799 g/mol. The summed E-state index contributed by atoms with van der Waals surface area (Å²) in [7, 11) is 0. The van der Waals surface area contributed by atoms with Crippen LogP contribution in [0, 0.1) is 11.8 Å². The number of thioether (sulfide) groups is 1. The summed E-state index contributed by atoms with van der Waals surface area (Å²) < 4.78 is 0. The maximum atomic E-state index is 13.8. The second-order valence-corrected chi connectivity index (χ2v) is 14.3. The van der Waals surface area contributed by atoms with Crippen molar-refractivity contribution in [2.24, 2.45) is 23.3 Å². The molecule has 0 aliphatic carbocycles. The van der Waals surface area contributed by atoms with Crippen molar-refractivity contribution in [2.75, 3.05) is 12.0 Å². The molecule has 0 saturated heterocycles. The summed E-state index contributed by atoms with van der Waals surface area (Å²) in [6, 6.07) is -9.52. The van der Waals surface area contributed by atoms with E-state index in [0.717, 1.165) is 0 Å². The highest BCUT2D eigenvalue weighted by Crippen LogP contribution is 2.12. The zero-order valence-corrected chi connectivity index (χ0v) is 32.5. The molecule has 8 unspecified atom stereocenters. The molecule has 1 aromatic heterocycles. The van der Waals surface area contributed by atoms with Gasteiger partial charge in [0.1, 0.15) is 36.3 Å². The summed E-state index contributed by atoms with van der Waals surface area (Å²) >= 11 is 1.37. The third-order valence-corrected chi connectivity index (χ3v) is 9.04. The highest BCUT2D eigenvalue weighted by Gasteiger charge is 2.36. The lowest BCUT2D eigenvalue weighted by Crippen LogP contribution is -2.61. The standard InChI is InChI=1S/C33H54N10O11S/c1-7-16(4)26(43-31(51)25(15(2)3)42-27(47)17(5)38-28(48)19(34)11-24(45)46)32(52)41-22(12-23(35)44)30(50)40-21(10-18-13-36-14-37-18)29(49)39-20(33(53)54)8-9-55-6/h13-17,19-22,25-26H,7-12,34H2,1-6H3,(H2,35,44)(H,36,37)(H,38,48)(H,39,49)(H,40,50)(H,41,52)(H,42,47)(H,43,51)(H,45,46)(H,53,54). The average Bonchev–Trinajstić information content (AvgIpc) is 3.62. The van der Waals surface area contributed by atoms with Crippen LogP contribution in [0.25, 0.3) is 0 Å². The number of carbonyl (C=O) groups is 9. The lowest BCUT2D eigenvalue weighted by molar-refractivity contribution is -0.142. The Labute approximate surface area is 322 Å². The number of nitrogens with two attached hydrogens (primary N) is 2. The molecule has 0 fully saturated rings. The predicted octanol–water partition coefficient (Wildman–Crippen LogP) is -2.90. The second kappa shape index (κ2) is 23.5. The van der Waals surface area contributed by atoms with E-state index >= 15 is 0 Å². The number of nitrogens with zero attached hydrogens (tertiary/aromatic N) is 1. The van der Waals surface area contributed by atoms with Crippen molar-refractivity contribution < 1.29 is 53.4 Å². The van der Waals surface area contributed by atoms with E-state index in [1.165, 1.54) is 31.2 Å². The van der Waals surface area contributed by atoms with E-state index in [4.69, 9.17) is 16.6 Å². The van der Waals surface area contributed by atoms with Gasteiger partial charge in [0.2, 0.25) is 41.4 Å². The third kappa shape index (κ3) is 16.8. The number of aliphatic carboxylic acids is 2. The van der Waals surface area contributed by atoms with Gasteiger partial charge < -0.3 is 58.6 Å². The molecule has 0 aliphatic rings. The van der Waals surface area contributed by atoms with Gasteiger partial charge >= 0.3 is 11.9 Å². The monoisotopic (exact) mass is 798 g/mol. The molecule has 0 spiro atoms. The molecule has 1 aromatic rings. The van der Waals surface area contributed by atoms with E-state index < -0.39 is 120 Å². The van der Waals surface area contributed by atoms with E-state index in [9.17, 15) is 48.3 Å². The molecular weight excluding hydrogens is 744 g/mol. The number of amides is 7. The largest absolute Gasteiger partial charge is 0.481 e. The molecule has 0 saturated carbocycles. The first-order valence-electron chi connectivity index (χ1n) is 17.5. The van der Waals surface area contributed by atoms with Crippen molar-refractivity contribution in [3.05, 3.63) is 18.2 Å². The summed E-state index contributed by atoms with van der Waals surface area (Å²) in [5.41, 5.74) is 11.4. The third-order valence-electron chi connectivity index (χ3n) is 8.40. The molecule has 0 bridgehead atoms. The predicted molar refractivity (Wildman–Crippen MR) is 199 cm³/mol. The molecule has 13 N–H and O–H groups in total. The van der Waals surface area contributed by atoms with E-state index in [1.54, 1.807) is 34.0 Å².